The van der Waals surface area contributed by atoms with Crippen molar-refractivity contribution >= 4 is 18.0 Å². The van der Waals surface area contributed by atoms with Crippen molar-refractivity contribution in [2.24, 2.45) is 0 Å². The molecule has 1 aromatic carbocycles. The number of carbonyl (C=O) groups excluding carboxylic acids is 3. The molecule has 0 unspecified atom stereocenters. The quantitative estimate of drug-likeness (QED) is 0.800. The summed E-state index contributed by atoms with van der Waals surface area (Å²) < 4.78 is 14.4. The van der Waals surface area contributed by atoms with E-state index in [1.165, 1.54) is 6.92 Å². The van der Waals surface area contributed by atoms with E-state index in [9.17, 15) is 14.4 Å². The molecule has 0 bridgehead atoms. The van der Waals surface area contributed by atoms with Crippen molar-refractivity contribution in [2.75, 3.05) is 14.2 Å². The predicted octanol–water partition coefficient (Wildman–Crippen LogP) is 1.44. The molecule has 0 saturated heterocycles. The fourth-order valence-corrected chi connectivity index (χ4v) is 1.71. The largest absolute Gasteiger partial charge is 0.496 e. The molecular formula is C15H19NO6. The van der Waals surface area contributed by atoms with Crippen molar-refractivity contribution in [1.29, 1.82) is 0 Å². The highest BCUT2D eigenvalue weighted by molar-refractivity contribution is 5.94. The van der Waals surface area contributed by atoms with Gasteiger partial charge in [-0.05, 0) is 25.0 Å². The van der Waals surface area contributed by atoms with Gasteiger partial charge in [0, 0.05) is 6.42 Å². The topological polar surface area (TPSA) is 90.9 Å². The number of hydrogen-bond acceptors (Lipinski definition) is 6. The third-order valence-corrected chi connectivity index (χ3v) is 2.88. The zero-order chi connectivity index (χ0) is 16.5. The molecule has 22 heavy (non-hydrogen) atoms. The molecule has 2 amide bonds. The first-order valence-electron chi connectivity index (χ1n) is 6.68. The normalized spacial score (nSPS) is 11.2. The van der Waals surface area contributed by atoms with Gasteiger partial charge in [0.25, 0.3) is 5.91 Å². The van der Waals surface area contributed by atoms with E-state index in [1.54, 1.807) is 13.2 Å². The van der Waals surface area contributed by atoms with Gasteiger partial charge in [-0.3, -0.25) is 14.9 Å². The molecule has 0 radical (unpaired) electrons. The molecule has 0 aliphatic carbocycles. The predicted molar refractivity (Wildman–Crippen MR) is 77.4 cm³/mol. The average molecular weight is 309 g/mol. The SMILES string of the molecule is COC(=O)NC(=O)[C@H](C)OC(=O)CCc1ccccc1OC. The Bertz CT molecular complexity index is 543. The Labute approximate surface area is 128 Å². The molecule has 7 nitrogen and oxygen atoms in total. The monoisotopic (exact) mass is 309 g/mol. The highest BCUT2D eigenvalue weighted by atomic mass is 16.6. The summed E-state index contributed by atoms with van der Waals surface area (Å²) in [6.45, 7) is 1.37. The summed E-state index contributed by atoms with van der Waals surface area (Å²) in [6, 6.07) is 7.32. The number of hydrogen-bond donors (Lipinski definition) is 1. The minimum Gasteiger partial charge on any atom is -0.496 e. The fraction of sp³-hybridized carbons (Fsp3) is 0.400. The lowest BCUT2D eigenvalue weighted by Crippen LogP contribution is -2.39. The second kappa shape index (κ2) is 8.66. The van der Waals surface area contributed by atoms with Crippen LogP contribution < -0.4 is 10.1 Å². The number of para-hydroxylation sites is 1. The molecule has 0 fully saturated rings. The van der Waals surface area contributed by atoms with Crippen LogP contribution in [0.3, 0.4) is 0 Å². The highest BCUT2D eigenvalue weighted by Gasteiger charge is 2.20. The lowest BCUT2D eigenvalue weighted by Gasteiger charge is -2.13. The molecular weight excluding hydrogens is 290 g/mol. The van der Waals surface area contributed by atoms with Gasteiger partial charge in [-0.1, -0.05) is 18.2 Å². The molecule has 120 valence electrons. The third-order valence-electron chi connectivity index (χ3n) is 2.88. The summed E-state index contributed by atoms with van der Waals surface area (Å²) >= 11 is 0. The van der Waals surface area contributed by atoms with Crippen LogP contribution in [0.15, 0.2) is 24.3 Å². The van der Waals surface area contributed by atoms with Crippen LogP contribution in [-0.2, 0) is 25.5 Å². The van der Waals surface area contributed by atoms with Gasteiger partial charge in [-0.15, -0.1) is 0 Å². The van der Waals surface area contributed by atoms with Crippen molar-refractivity contribution < 1.29 is 28.6 Å². The molecule has 0 aromatic heterocycles. The highest BCUT2D eigenvalue weighted by Crippen LogP contribution is 2.19. The van der Waals surface area contributed by atoms with Crippen LogP contribution >= 0.6 is 0 Å². The molecule has 1 N–H and O–H groups in total. The number of esters is 1. The van der Waals surface area contributed by atoms with Crippen LogP contribution in [0.4, 0.5) is 4.79 Å². The molecule has 7 heteroatoms. The van der Waals surface area contributed by atoms with E-state index in [1.807, 2.05) is 23.5 Å². The van der Waals surface area contributed by atoms with Gasteiger partial charge in [0.15, 0.2) is 6.10 Å². The van der Waals surface area contributed by atoms with E-state index in [2.05, 4.69) is 4.74 Å². The number of nitrogens with one attached hydrogen (secondary N) is 1. The molecule has 0 saturated carbocycles. The maximum Gasteiger partial charge on any atom is 0.413 e. The number of alkyl carbamates (subject to hydrolysis) is 1. The van der Waals surface area contributed by atoms with Crippen LogP contribution in [-0.4, -0.2) is 38.3 Å². The summed E-state index contributed by atoms with van der Waals surface area (Å²) in [5, 5.41) is 1.93. The standard InChI is InChI=1S/C15H19NO6/c1-10(14(18)16-15(19)21-3)22-13(17)9-8-11-6-4-5-7-12(11)20-2/h4-7,10H,8-9H2,1-3H3,(H,16,18,19)/t10-/m0/s1. The van der Waals surface area contributed by atoms with Crippen molar-refractivity contribution in [3.8, 4) is 5.75 Å². The van der Waals surface area contributed by atoms with Crippen LogP contribution in [0, 0.1) is 0 Å². The van der Waals surface area contributed by atoms with Gasteiger partial charge in [0.1, 0.15) is 5.75 Å². The van der Waals surface area contributed by atoms with Crippen molar-refractivity contribution in [3.05, 3.63) is 29.8 Å². The molecule has 0 aliphatic rings. The van der Waals surface area contributed by atoms with Crippen LogP contribution in [0.5, 0.6) is 5.75 Å². The number of aryl methyl sites for hydroxylation is 1. The Kier molecular flexibility index (Phi) is 6.88. The number of amides is 2. The summed E-state index contributed by atoms with van der Waals surface area (Å²) in [4.78, 5) is 34.1. The van der Waals surface area contributed by atoms with Crippen molar-refractivity contribution in [3.63, 3.8) is 0 Å². The van der Waals surface area contributed by atoms with Gasteiger partial charge >= 0.3 is 12.1 Å². The Morgan fingerprint density at radius 2 is 1.86 bits per heavy atom. The minimum atomic E-state index is -1.08. The lowest BCUT2D eigenvalue weighted by atomic mass is 10.1. The lowest BCUT2D eigenvalue weighted by molar-refractivity contribution is -0.154. The molecule has 1 aromatic rings. The number of benzene rings is 1. The number of rotatable bonds is 6. The Morgan fingerprint density at radius 3 is 2.50 bits per heavy atom. The smallest absolute Gasteiger partial charge is 0.413 e. The van der Waals surface area contributed by atoms with Gasteiger partial charge in [-0.2, -0.15) is 0 Å². The number of carbonyl (C=O) groups is 3. The summed E-state index contributed by atoms with van der Waals surface area (Å²) in [5.41, 5.74) is 0.869. The average Bonchev–Trinajstić information content (AvgIpc) is 2.52. The van der Waals surface area contributed by atoms with E-state index in [-0.39, 0.29) is 6.42 Å². The molecule has 1 atom stereocenters. The first-order chi connectivity index (χ1) is 10.5. The van der Waals surface area contributed by atoms with E-state index >= 15 is 0 Å². The zero-order valence-corrected chi connectivity index (χ0v) is 12.8. The maximum absolute atomic E-state index is 11.7. The fourth-order valence-electron chi connectivity index (χ4n) is 1.71. The second-order valence-electron chi connectivity index (χ2n) is 4.42. The Hall–Kier alpha value is -2.57. The summed E-state index contributed by atoms with van der Waals surface area (Å²) in [6.07, 6.45) is -1.46. The van der Waals surface area contributed by atoms with E-state index in [0.29, 0.717) is 12.2 Å². The second-order valence-corrected chi connectivity index (χ2v) is 4.42. The zero-order valence-electron chi connectivity index (χ0n) is 12.8. The van der Waals surface area contributed by atoms with E-state index in [0.717, 1.165) is 12.7 Å². The van der Waals surface area contributed by atoms with Gasteiger partial charge in [-0.25, -0.2) is 4.79 Å². The van der Waals surface area contributed by atoms with Gasteiger partial charge < -0.3 is 14.2 Å². The summed E-state index contributed by atoms with van der Waals surface area (Å²) in [5.74, 6) is -0.595. The van der Waals surface area contributed by atoms with Crippen molar-refractivity contribution in [1.82, 2.24) is 5.32 Å². The molecule has 0 spiro atoms. The van der Waals surface area contributed by atoms with Crippen LogP contribution in [0.25, 0.3) is 0 Å². The molecule has 0 heterocycles. The number of imide groups is 1. The van der Waals surface area contributed by atoms with Gasteiger partial charge in [0.05, 0.1) is 14.2 Å². The number of methoxy groups -OCH3 is 2. The minimum absolute atomic E-state index is 0.0935. The first kappa shape index (κ1) is 17.5. The summed E-state index contributed by atoms with van der Waals surface area (Å²) in [7, 11) is 2.68. The van der Waals surface area contributed by atoms with Crippen molar-refractivity contribution in [2.45, 2.75) is 25.9 Å². The maximum atomic E-state index is 11.7. The first-order valence-corrected chi connectivity index (χ1v) is 6.68. The van der Waals surface area contributed by atoms with Crippen LogP contribution in [0.2, 0.25) is 0 Å². The number of ether oxygens (including phenoxy) is 3. The third kappa shape index (κ3) is 5.43. The van der Waals surface area contributed by atoms with E-state index in [4.69, 9.17) is 9.47 Å². The van der Waals surface area contributed by atoms with Crippen LogP contribution in [0.1, 0.15) is 18.9 Å². The Balaban J connectivity index is 2.46. The molecule has 1 rings (SSSR count). The van der Waals surface area contributed by atoms with Gasteiger partial charge in [0.2, 0.25) is 0 Å². The Morgan fingerprint density at radius 1 is 1.18 bits per heavy atom. The van der Waals surface area contributed by atoms with E-state index < -0.39 is 24.1 Å². The molecule has 0 aliphatic heterocycles.